The fourth-order valence-corrected chi connectivity index (χ4v) is 6.50. The number of hydrogen-bond acceptors (Lipinski definition) is 8. The number of esters is 2. The van der Waals surface area contributed by atoms with E-state index in [-0.39, 0.29) is 45.3 Å². The molecule has 37 heavy (non-hydrogen) atoms. The van der Waals surface area contributed by atoms with E-state index in [1.54, 1.807) is 36.4 Å². The second kappa shape index (κ2) is 12.5. The molecule has 0 unspecified atom stereocenters. The first-order chi connectivity index (χ1) is 17.5. The molecule has 2 aromatic carbocycles. The van der Waals surface area contributed by atoms with Gasteiger partial charge in [0.25, 0.3) is 0 Å². The zero-order valence-corrected chi connectivity index (χ0v) is 22.2. The van der Waals surface area contributed by atoms with Crippen molar-refractivity contribution in [3.8, 4) is 0 Å². The van der Waals surface area contributed by atoms with E-state index >= 15 is 0 Å². The van der Waals surface area contributed by atoms with Crippen LogP contribution < -0.4 is 0 Å². The first-order valence-electron chi connectivity index (χ1n) is 11.1. The van der Waals surface area contributed by atoms with Gasteiger partial charge in [-0.1, -0.05) is 49.6 Å². The highest BCUT2D eigenvalue weighted by Crippen LogP contribution is 2.38. The van der Waals surface area contributed by atoms with E-state index in [4.69, 9.17) is 9.47 Å². The minimum absolute atomic E-state index is 0.00582. The van der Waals surface area contributed by atoms with Crippen molar-refractivity contribution in [1.82, 2.24) is 0 Å². The Morgan fingerprint density at radius 3 is 1.30 bits per heavy atom. The molecule has 0 atom stereocenters. The highest BCUT2D eigenvalue weighted by Gasteiger charge is 2.48. The second-order valence-electron chi connectivity index (χ2n) is 7.90. The molecule has 0 aliphatic heterocycles. The summed E-state index contributed by atoms with van der Waals surface area (Å²) in [6, 6.07) is 15.1. The van der Waals surface area contributed by atoms with Crippen LogP contribution in [0.25, 0.3) is 0 Å². The largest absolute Gasteiger partial charge is 0.468 e. The Bertz CT molecular complexity index is 1330. The summed E-state index contributed by atoms with van der Waals surface area (Å²) in [7, 11) is -5.91. The van der Waals surface area contributed by atoms with Gasteiger partial charge in [-0.05, 0) is 49.9 Å². The molecule has 0 saturated carbocycles. The number of hydrogen-bond donors (Lipinski definition) is 0. The third kappa shape index (κ3) is 6.37. The summed E-state index contributed by atoms with van der Waals surface area (Å²) in [6.45, 7) is 6.92. The normalized spacial score (nSPS) is 11.5. The SMILES string of the molecule is C=C=C(CCC(CCC(=C=C)S(=O)(=O)c1ccccc1)(C(=O)OC)C(=O)OC)S(=O)(=O)c1ccccc1. The summed E-state index contributed by atoms with van der Waals surface area (Å²) in [5.74, 6) is -2.00. The highest BCUT2D eigenvalue weighted by atomic mass is 32.2. The van der Waals surface area contributed by atoms with Gasteiger partial charge < -0.3 is 9.47 Å². The number of carbonyl (C=O) groups excluding carboxylic acids is 2. The maximum atomic E-state index is 13.1. The number of methoxy groups -OCH3 is 2. The van der Waals surface area contributed by atoms with Crippen molar-refractivity contribution < 1.29 is 35.9 Å². The van der Waals surface area contributed by atoms with Crippen molar-refractivity contribution in [1.29, 1.82) is 0 Å². The van der Waals surface area contributed by atoms with E-state index in [0.29, 0.717) is 0 Å². The van der Waals surface area contributed by atoms with Gasteiger partial charge in [-0.15, -0.1) is 11.5 Å². The molecule has 2 aromatic rings. The van der Waals surface area contributed by atoms with Crippen molar-refractivity contribution >= 4 is 31.6 Å². The van der Waals surface area contributed by atoms with Crippen LogP contribution in [0, 0.1) is 5.41 Å². The molecular weight excluding hydrogens is 516 g/mol. The van der Waals surface area contributed by atoms with Crippen LogP contribution >= 0.6 is 0 Å². The van der Waals surface area contributed by atoms with Crippen LogP contribution in [0.1, 0.15) is 25.7 Å². The molecule has 0 spiro atoms. The molecule has 0 bridgehead atoms. The predicted octanol–water partition coefficient (Wildman–Crippen LogP) is 4.16. The fourth-order valence-electron chi connectivity index (χ4n) is 3.78. The maximum Gasteiger partial charge on any atom is 0.323 e. The Morgan fingerprint density at radius 2 is 1.03 bits per heavy atom. The molecule has 0 aromatic heterocycles. The van der Waals surface area contributed by atoms with Gasteiger partial charge >= 0.3 is 11.9 Å². The lowest BCUT2D eigenvalue weighted by molar-refractivity contribution is -0.170. The maximum absolute atomic E-state index is 13.1. The van der Waals surface area contributed by atoms with Gasteiger partial charge in [0.15, 0.2) is 5.41 Å². The van der Waals surface area contributed by atoms with Crippen LogP contribution in [0.4, 0.5) is 0 Å². The van der Waals surface area contributed by atoms with Crippen LogP contribution in [0.5, 0.6) is 0 Å². The lowest BCUT2D eigenvalue weighted by Crippen LogP contribution is -2.41. The number of sulfone groups is 2. The van der Waals surface area contributed by atoms with Crippen LogP contribution in [0.15, 0.2) is 105 Å². The van der Waals surface area contributed by atoms with Crippen molar-refractivity contribution in [3.63, 3.8) is 0 Å². The summed E-state index contributed by atoms with van der Waals surface area (Å²) in [5.41, 5.74) is 2.78. The van der Waals surface area contributed by atoms with E-state index < -0.39 is 37.0 Å². The molecular formula is C27H28O8S2. The average Bonchev–Trinajstić information content (AvgIpc) is 2.92. The van der Waals surface area contributed by atoms with Gasteiger partial charge in [0.2, 0.25) is 19.7 Å². The molecule has 2 rings (SSSR count). The first-order valence-corrected chi connectivity index (χ1v) is 14.0. The predicted molar refractivity (Wildman–Crippen MR) is 137 cm³/mol. The number of rotatable bonds is 12. The van der Waals surface area contributed by atoms with E-state index in [1.165, 1.54) is 24.3 Å². The number of benzene rings is 2. The molecule has 10 heteroatoms. The highest BCUT2D eigenvalue weighted by molar-refractivity contribution is 7.95. The van der Waals surface area contributed by atoms with Crippen LogP contribution in [0.3, 0.4) is 0 Å². The summed E-state index contributed by atoms with van der Waals surface area (Å²) in [5, 5.41) is 0. The van der Waals surface area contributed by atoms with E-state index in [1.807, 2.05) is 0 Å². The zero-order valence-electron chi connectivity index (χ0n) is 20.6. The molecule has 0 saturated heterocycles. The van der Waals surface area contributed by atoms with Gasteiger partial charge in [0.1, 0.15) is 0 Å². The summed E-state index contributed by atoms with van der Waals surface area (Å²) < 4.78 is 62.1. The monoisotopic (exact) mass is 544 g/mol. The Labute approximate surface area is 217 Å². The molecule has 8 nitrogen and oxygen atoms in total. The molecule has 0 fully saturated rings. The van der Waals surface area contributed by atoms with Gasteiger partial charge in [-0.3, -0.25) is 9.59 Å². The van der Waals surface area contributed by atoms with Gasteiger partial charge in [0.05, 0.1) is 33.8 Å². The Balaban J connectivity index is 2.45. The molecule has 0 radical (unpaired) electrons. The summed E-state index contributed by atoms with van der Waals surface area (Å²) in [6.07, 6.45) is -1.37. The Hall–Kier alpha value is -3.68. The summed E-state index contributed by atoms with van der Waals surface area (Å²) in [4.78, 5) is 25.4. The Morgan fingerprint density at radius 1 is 0.703 bits per heavy atom. The minimum atomic E-state index is -4.02. The number of ether oxygens (including phenoxy) is 2. The van der Waals surface area contributed by atoms with E-state index in [9.17, 15) is 26.4 Å². The fraction of sp³-hybridized carbons (Fsp3) is 0.259. The molecule has 0 amide bonds. The van der Waals surface area contributed by atoms with Gasteiger partial charge in [-0.25, -0.2) is 16.8 Å². The molecule has 0 heterocycles. The van der Waals surface area contributed by atoms with Crippen LogP contribution in [0.2, 0.25) is 0 Å². The minimum Gasteiger partial charge on any atom is -0.468 e. The lowest BCUT2D eigenvalue weighted by Gasteiger charge is -2.28. The van der Waals surface area contributed by atoms with Crippen molar-refractivity contribution in [2.75, 3.05) is 14.2 Å². The van der Waals surface area contributed by atoms with Gasteiger partial charge in [-0.2, -0.15) is 0 Å². The molecule has 196 valence electrons. The van der Waals surface area contributed by atoms with Crippen molar-refractivity contribution in [3.05, 3.63) is 95.1 Å². The standard InChI is InChI=1S/C27H28O8S2/c1-5-21(36(30,31)23-13-9-7-10-14-23)17-19-27(25(28)34-3,26(29)35-4)20-18-22(6-2)37(32,33)24-15-11-8-12-16-24/h7-16H,1-2,17-20H2,3-4H3. The third-order valence-electron chi connectivity index (χ3n) is 5.86. The second-order valence-corrected chi connectivity index (χ2v) is 11.8. The summed E-state index contributed by atoms with van der Waals surface area (Å²) >= 11 is 0. The van der Waals surface area contributed by atoms with E-state index in [0.717, 1.165) is 14.2 Å². The smallest absolute Gasteiger partial charge is 0.323 e. The quantitative estimate of drug-likeness (QED) is 0.222. The molecule has 0 aliphatic carbocycles. The molecule has 0 N–H and O–H groups in total. The topological polar surface area (TPSA) is 121 Å². The van der Waals surface area contributed by atoms with Crippen molar-refractivity contribution in [2.24, 2.45) is 5.41 Å². The van der Waals surface area contributed by atoms with Crippen LogP contribution in [-0.2, 0) is 38.7 Å². The van der Waals surface area contributed by atoms with Crippen molar-refractivity contribution in [2.45, 2.75) is 35.5 Å². The van der Waals surface area contributed by atoms with E-state index in [2.05, 4.69) is 24.6 Å². The lowest BCUT2D eigenvalue weighted by atomic mass is 9.78. The third-order valence-corrected chi connectivity index (χ3v) is 9.64. The molecule has 0 aliphatic rings. The number of carbonyl (C=O) groups is 2. The van der Waals surface area contributed by atoms with Crippen LogP contribution in [-0.4, -0.2) is 43.0 Å². The zero-order chi connectivity index (χ0) is 27.7. The first kappa shape index (κ1) is 29.5. The van der Waals surface area contributed by atoms with Gasteiger partial charge in [0, 0.05) is 0 Å². The Kier molecular flexibility index (Phi) is 10.00. The average molecular weight is 545 g/mol. The number of allylic oxidation sites excluding steroid dienone is 2.